The van der Waals surface area contributed by atoms with Crippen LogP contribution in [0.4, 0.5) is 13.2 Å². The number of methoxy groups -OCH3 is 1. The molecule has 1 N–H and O–H groups in total. The van der Waals surface area contributed by atoms with Gasteiger partial charge in [-0.1, -0.05) is 53.2 Å². The molecule has 4 aromatic rings. The van der Waals surface area contributed by atoms with Crippen molar-refractivity contribution >= 4 is 34.9 Å². The van der Waals surface area contributed by atoms with Crippen molar-refractivity contribution in [2.75, 3.05) is 7.11 Å². The molecule has 1 atom stereocenters. The summed E-state index contributed by atoms with van der Waals surface area (Å²) in [4.78, 5) is 26.4. The van der Waals surface area contributed by atoms with Crippen molar-refractivity contribution < 1.29 is 27.5 Å². The van der Waals surface area contributed by atoms with Crippen LogP contribution >= 0.6 is 11.6 Å². The van der Waals surface area contributed by atoms with Crippen LogP contribution in [0.25, 0.3) is 11.0 Å². The Morgan fingerprint density at radius 1 is 1.05 bits per heavy atom. The SMILES string of the molecule is COc1cccc(CO/N=C\NC(=O)C(c2ccc(Cl)cc2)c2nc3ccccc3nc2C(F)(F)F)c1. The van der Waals surface area contributed by atoms with E-state index in [1.165, 1.54) is 43.5 Å². The third-order valence-electron chi connectivity index (χ3n) is 5.30. The molecule has 1 heterocycles. The molecule has 0 bridgehead atoms. The summed E-state index contributed by atoms with van der Waals surface area (Å²) in [6.07, 6.45) is -3.89. The number of nitrogens with one attached hydrogen (secondary N) is 1. The Morgan fingerprint density at radius 3 is 2.43 bits per heavy atom. The molecule has 190 valence electrons. The lowest BCUT2D eigenvalue weighted by Gasteiger charge is -2.20. The molecule has 3 aromatic carbocycles. The molecule has 0 saturated carbocycles. The number of hydrogen-bond donors (Lipinski definition) is 1. The quantitative estimate of drug-likeness (QED) is 0.180. The Morgan fingerprint density at radius 2 is 1.76 bits per heavy atom. The van der Waals surface area contributed by atoms with Gasteiger partial charge in [-0.05, 0) is 47.5 Å². The zero-order valence-electron chi connectivity index (χ0n) is 19.4. The molecule has 1 amide bonds. The predicted octanol–water partition coefficient (Wildman–Crippen LogP) is 5.72. The van der Waals surface area contributed by atoms with E-state index in [1.807, 2.05) is 0 Å². The van der Waals surface area contributed by atoms with Crippen LogP contribution in [-0.2, 0) is 22.4 Å². The number of aromatic nitrogens is 2. The number of para-hydroxylation sites is 2. The van der Waals surface area contributed by atoms with Crippen molar-refractivity contribution in [1.29, 1.82) is 0 Å². The van der Waals surface area contributed by atoms with Crippen molar-refractivity contribution in [3.63, 3.8) is 0 Å². The van der Waals surface area contributed by atoms with Crippen molar-refractivity contribution in [2.24, 2.45) is 5.16 Å². The number of halogens is 4. The third kappa shape index (κ3) is 6.34. The Labute approximate surface area is 214 Å². The summed E-state index contributed by atoms with van der Waals surface area (Å²) in [7, 11) is 1.54. The average Bonchev–Trinajstić information content (AvgIpc) is 2.89. The molecule has 0 fully saturated rings. The van der Waals surface area contributed by atoms with Gasteiger partial charge in [0, 0.05) is 5.02 Å². The Hall–Kier alpha value is -4.18. The number of benzene rings is 3. The first kappa shape index (κ1) is 25.9. The fourth-order valence-electron chi connectivity index (χ4n) is 3.60. The standard InChI is InChI=1S/C26H20ClF3N4O3/c1-36-19-6-4-5-16(13-19)14-37-32-15-31-25(35)22(17-9-11-18(27)12-10-17)23-24(26(28,29)30)34-21-8-3-2-7-20(21)33-23/h2-13,15,22H,14H2,1H3,(H,31,32,35). The fraction of sp³-hybridized carbons (Fsp3) is 0.154. The average molecular weight is 529 g/mol. The highest BCUT2D eigenvalue weighted by Crippen LogP contribution is 2.37. The first-order valence-electron chi connectivity index (χ1n) is 10.9. The van der Waals surface area contributed by atoms with Crippen LogP contribution in [0.5, 0.6) is 5.75 Å². The van der Waals surface area contributed by atoms with Crippen LogP contribution in [0.15, 0.2) is 78.0 Å². The summed E-state index contributed by atoms with van der Waals surface area (Å²) in [6.45, 7) is 0.0819. The van der Waals surface area contributed by atoms with Crippen LogP contribution in [0, 0.1) is 0 Å². The highest BCUT2D eigenvalue weighted by atomic mass is 35.5. The van der Waals surface area contributed by atoms with E-state index in [0.29, 0.717) is 10.8 Å². The minimum atomic E-state index is -4.86. The maximum Gasteiger partial charge on any atom is 0.435 e. The third-order valence-corrected chi connectivity index (χ3v) is 5.56. The molecule has 0 saturated heterocycles. The van der Waals surface area contributed by atoms with Crippen LogP contribution in [0.3, 0.4) is 0 Å². The maximum absolute atomic E-state index is 14.0. The number of nitrogens with zero attached hydrogens (tertiary/aromatic N) is 3. The molecule has 7 nitrogen and oxygen atoms in total. The maximum atomic E-state index is 14.0. The lowest BCUT2D eigenvalue weighted by molar-refractivity contribution is -0.142. The highest BCUT2D eigenvalue weighted by Gasteiger charge is 2.41. The number of oxime groups is 1. The van der Waals surface area contributed by atoms with E-state index in [4.69, 9.17) is 21.2 Å². The number of amides is 1. The minimum absolute atomic E-state index is 0.0568. The molecular formula is C26H20ClF3N4O3. The first-order chi connectivity index (χ1) is 17.8. The number of alkyl halides is 3. The number of ether oxygens (including phenoxy) is 1. The molecule has 0 aliphatic heterocycles. The summed E-state index contributed by atoms with van der Waals surface area (Å²) in [5.74, 6) is -1.64. The fourth-order valence-corrected chi connectivity index (χ4v) is 3.72. The van der Waals surface area contributed by atoms with Gasteiger partial charge in [-0.25, -0.2) is 9.97 Å². The lowest BCUT2D eigenvalue weighted by atomic mass is 9.92. The summed E-state index contributed by atoms with van der Waals surface area (Å²) in [5, 5.41) is 6.43. The van der Waals surface area contributed by atoms with Crippen molar-refractivity contribution in [1.82, 2.24) is 15.3 Å². The van der Waals surface area contributed by atoms with Gasteiger partial charge in [0.25, 0.3) is 0 Å². The summed E-state index contributed by atoms with van der Waals surface area (Å²) in [5.41, 5.74) is -0.524. The topological polar surface area (TPSA) is 85.7 Å². The molecule has 37 heavy (non-hydrogen) atoms. The van der Waals surface area contributed by atoms with Gasteiger partial charge in [0.05, 0.1) is 23.8 Å². The van der Waals surface area contributed by atoms with Crippen LogP contribution in [0.2, 0.25) is 5.02 Å². The number of hydrogen-bond acceptors (Lipinski definition) is 6. The summed E-state index contributed by atoms with van der Waals surface area (Å²) in [6, 6.07) is 19.1. The molecule has 0 aliphatic rings. The zero-order valence-corrected chi connectivity index (χ0v) is 20.1. The van der Waals surface area contributed by atoms with Crippen molar-refractivity contribution in [2.45, 2.75) is 18.7 Å². The largest absolute Gasteiger partial charge is 0.497 e. The first-order valence-corrected chi connectivity index (χ1v) is 11.3. The molecule has 1 aromatic heterocycles. The second-order valence-corrected chi connectivity index (χ2v) is 8.23. The van der Waals surface area contributed by atoms with Gasteiger partial charge in [0.1, 0.15) is 24.6 Å². The molecule has 11 heteroatoms. The van der Waals surface area contributed by atoms with Crippen molar-refractivity contribution in [3.05, 3.63) is 100 Å². The van der Waals surface area contributed by atoms with E-state index in [-0.39, 0.29) is 23.2 Å². The molecular weight excluding hydrogens is 509 g/mol. The van der Waals surface area contributed by atoms with Crippen LogP contribution in [0.1, 0.15) is 28.4 Å². The van der Waals surface area contributed by atoms with Gasteiger partial charge in [-0.3, -0.25) is 4.79 Å². The molecule has 0 spiro atoms. The monoisotopic (exact) mass is 528 g/mol. The van der Waals surface area contributed by atoms with E-state index in [0.717, 1.165) is 11.9 Å². The Kier molecular flexibility index (Phi) is 7.88. The lowest BCUT2D eigenvalue weighted by Crippen LogP contribution is -2.31. The second-order valence-electron chi connectivity index (χ2n) is 7.80. The van der Waals surface area contributed by atoms with Crippen LogP contribution < -0.4 is 10.1 Å². The van der Waals surface area contributed by atoms with E-state index < -0.39 is 29.4 Å². The summed E-state index contributed by atoms with van der Waals surface area (Å²) < 4.78 is 47.3. The molecule has 0 radical (unpaired) electrons. The van der Waals surface area contributed by atoms with Crippen molar-refractivity contribution in [3.8, 4) is 5.75 Å². The van der Waals surface area contributed by atoms with Gasteiger partial charge >= 0.3 is 6.18 Å². The van der Waals surface area contributed by atoms with Gasteiger partial charge < -0.3 is 14.9 Å². The predicted molar refractivity (Wildman–Crippen MR) is 132 cm³/mol. The van der Waals surface area contributed by atoms with Gasteiger partial charge in [-0.15, -0.1) is 0 Å². The van der Waals surface area contributed by atoms with E-state index in [9.17, 15) is 18.0 Å². The second kappa shape index (κ2) is 11.3. The number of rotatable bonds is 8. The number of carbonyl (C=O) groups excluding carboxylic acids is 1. The highest BCUT2D eigenvalue weighted by molar-refractivity contribution is 6.30. The number of carbonyl (C=O) groups is 1. The Bertz CT molecular complexity index is 1430. The van der Waals surface area contributed by atoms with E-state index >= 15 is 0 Å². The zero-order chi connectivity index (χ0) is 26.4. The smallest absolute Gasteiger partial charge is 0.435 e. The number of fused-ring (bicyclic) bond motifs is 1. The normalized spacial score (nSPS) is 12.5. The van der Waals surface area contributed by atoms with E-state index in [2.05, 4.69) is 20.4 Å². The van der Waals surface area contributed by atoms with E-state index in [1.54, 1.807) is 36.4 Å². The molecule has 4 rings (SSSR count). The molecule has 1 unspecified atom stereocenters. The van der Waals surface area contributed by atoms with Gasteiger partial charge in [-0.2, -0.15) is 13.2 Å². The van der Waals surface area contributed by atoms with Gasteiger partial charge in [0.15, 0.2) is 5.69 Å². The minimum Gasteiger partial charge on any atom is -0.497 e. The van der Waals surface area contributed by atoms with Gasteiger partial charge in [0.2, 0.25) is 5.91 Å². The van der Waals surface area contributed by atoms with Crippen LogP contribution in [-0.4, -0.2) is 29.3 Å². The Balaban J connectivity index is 1.63. The summed E-state index contributed by atoms with van der Waals surface area (Å²) >= 11 is 5.96. The molecule has 0 aliphatic carbocycles.